The fourth-order valence-electron chi connectivity index (χ4n) is 4.08. The van der Waals surface area contributed by atoms with Gasteiger partial charge in [0.2, 0.25) is 0 Å². The first kappa shape index (κ1) is 23.5. The Labute approximate surface area is 204 Å². The van der Waals surface area contributed by atoms with E-state index in [0.717, 1.165) is 29.7 Å². The monoisotopic (exact) mass is 425 g/mol. The van der Waals surface area contributed by atoms with Crippen molar-refractivity contribution in [3.05, 3.63) is 83.7 Å². The molecule has 2 aromatic carbocycles. The van der Waals surface area contributed by atoms with E-state index in [1.165, 1.54) is 16.7 Å². The number of nitrogens with zero attached hydrogens (tertiary/aromatic N) is 1. The molecule has 0 fully saturated rings. The van der Waals surface area contributed by atoms with Gasteiger partial charge in [-0.05, 0) is 60.2 Å². The van der Waals surface area contributed by atoms with E-state index in [9.17, 15) is 9.90 Å². The molecule has 0 saturated carbocycles. The number of benzene rings is 2. The third kappa shape index (κ3) is 5.55. The largest absolute Gasteiger partial charge is 1.00 e. The molecule has 1 heterocycles. The van der Waals surface area contributed by atoms with Crippen LogP contribution in [-0.2, 0) is 16.0 Å². The maximum absolute atomic E-state index is 11.0. The zero-order chi connectivity index (χ0) is 20.9. The molecule has 0 bridgehead atoms. The van der Waals surface area contributed by atoms with E-state index >= 15 is 0 Å². The van der Waals surface area contributed by atoms with E-state index in [1.807, 2.05) is 43.5 Å². The number of carbonyl (C=O) groups is 1. The molecule has 1 aromatic heterocycles. The normalized spacial score (nSPS) is 15.6. The quantitative estimate of drug-likeness (QED) is 0.505. The number of carboxylic acids is 1. The summed E-state index contributed by atoms with van der Waals surface area (Å²) < 4.78 is 11.8. The van der Waals surface area contributed by atoms with Crippen molar-refractivity contribution in [1.29, 1.82) is 0 Å². The van der Waals surface area contributed by atoms with Gasteiger partial charge in [0, 0.05) is 37.0 Å². The van der Waals surface area contributed by atoms with E-state index < -0.39 is 12.1 Å². The van der Waals surface area contributed by atoms with Crippen LogP contribution in [0.3, 0.4) is 0 Å². The Kier molecular flexibility index (Phi) is 8.27. The van der Waals surface area contributed by atoms with Crippen molar-refractivity contribution in [1.82, 2.24) is 4.98 Å². The molecule has 5 nitrogen and oxygen atoms in total. The average Bonchev–Trinajstić information content (AvgIpc) is 3.17. The standard InChI is InChI=1S/C25H25NO4.Na/c1-2-29-24(15-25(27)28)17-8-10-19(11-9-17)30-23-13-12-21-20(6-3-7-22(21)23)18-5-4-14-26-16-18;/h3-11,14,16,23-24H,2,12-13,15H2,1H3,(H,27,28);/q;+1/p-1/t23-,24+;/m1./s1. The first-order valence-corrected chi connectivity index (χ1v) is 10.3. The Bertz CT molecular complexity index is 1010. The molecule has 154 valence electrons. The summed E-state index contributed by atoms with van der Waals surface area (Å²) in [6.07, 6.45) is 4.87. The van der Waals surface area contributed by atoms with Crippen LogP contribution >= 0.6 is 0 Å². The Morgan fingerprint density at radius 3 is 2.65 bits per heavy atom. The Morgan fingerprint density at radius 2 is 1.97 bits per heavy atom. The van der Waals surface area contributed by atoms with Crippen LogP contribution in [0.25, 0.3) is 11.1 Å². The van der Waals surface area contributed by atoms with Gasteiger partial charge in [0.15, 0.2) is 0 Å². The third-order valence-electron chi connectivity index (χ3n) is 5.44. The predicted octanol–water partition coefficient (Wildman–Crippen LogP) is 1.04. The van der Waals surface area contributed by atoms with E-state index in [4.69, 9.17) is 9.47 Å². The third-order valence-corrected chi connectivity index (χ3v) is 5.44. The van der Waals surface area contributed by atoms with Crippen LogP contribution in [0.15, 0.2) is 67.0 Å². The number of fused-ring (bicyclic) bond motifs is 1. The summed E-state index contributed by atoms with van der Waals surface area (Å²) in [5.74, 6) is -0.368. The molecule has 31 heavy (non-hydrogen) atoms. The van der Waals surface area contributed by atoms with Crippen LogP contribution < -0.4 is 39.4 Å². The van der Waals surface area contributed by atoms with Gasteiger partial charge in [0.1, 0.15) is 11.9 Å². The van der Waals surface area contributed by atoms with Crippen LogP contribution in [0.1, 0.15) is 48.7 Å². The summed E-state index contributed by atoms with van der Waals surface area (Å²) in [4.78, 5) is 15.2. The zero-order valence-corrected chi connectivity index (χ0v) is 19.9. The maximum Gasteiger partial charge on any atom is 1.00 e. The van der Waals surface area contributed by atoms with Gasteiger partial charge in [-0.25, -0.2) is 0 Å². The molecule has 0 saturated heterocycles. The summed E-state index contributed by atoms with van der Waals surface area (Å²) in [6, 6.07) is 17.8. The molecular weight excluding hydrogens is 401 g/mol. The number of ether oxygens (including phenoxy) is 2. The fourth-order valence-corrected chi connectivity index (χ4v) is 4.08. The van der Waals surface area contributed by atoms with E-state index in [0.29, 0.717) is 6.61 Å². The summed E-state index contributed by atoms with van der Waals surface area (Å²) in [5.41, 5.74) is 5.67. The molecule has 0 amide bonds. The van der Waals surface area contributed by atoms with Crippen molar-refractivity contribution >= 4 is 5.97 Å². The van der Waals surface area contributed by atoms with Gasteiger partial charge in [0.05, 0.1) is 6.10 Å². The number of hydrogen-bond acceptors (Lipinski definition) is 5. The number of pyridine rings is 1. The number of rotatable bonds is 8. The van der Waals surface area contributed by atoms with Crippen LogP contribution in [-0.4, -0.2) is 17.6 Å². The Morgan fingerprint density at radius 1 is 1.16 bits per heavy atom. The molecule has 2 atom stereocenters. The molecule has 0 N–H and O–H groups in total. The molecule has 0 aliphatic heterocycles. The summed E-state index contributed by atoms with van der Waals surface area (Å²) in [5, 5.41) is 11.0. The number of aromatic nitrogens is 1. The van der Waals surface area contributed by atoms with Gasteiger partial charge in [-0.1, -0.05) is 36.4 Å². The second kappa shape index (κ2) is 10.9. The first-order chi connectivity index (χ1) is 14.7. The second-order valence-corrected chi connectivity index (χ2v) is 7.35. The molecule has 1 aliphatic rings. The van der Waals surface area contributed by atoms with Crippen LogP contribution in [0.4, 0.5) is 0 Å². The van der Waals surface area contributed by atoms with Crippen molar-refractivity contribution in [2.75, 3.05) is 6.61 Å². The number of hydrogen-bond donors (Lipinski definition) is 0. The molecule has 6 heteroatoms. The van der Waals surface area contributed by atoms with Gasteiger partial charge in [-0.15, -0.1) is 0 Å². The van der Waals surface area contributed by atoms with Gasteiger partial charge in [0.25, 0.3) is 0 Å². The van der Waals surface area contributed by atoms with Crippen LogP contribution in [0.2, 0.25) is 0 Å². The van der Waals surface area contributed by atoms with Crippen molar-refractivity contribution in [3.63, 3.8) is 0 Å². The van der Waals surface area contributed by atoms with E-state index in [2.05, 4.69) is 29.2 Å². The van der Waals surface area contributed by atoms with E-state index in [1.54, 1.807) is 6.20 Å². The van der Waals surface area contributed by atoms with Gasteiger partial charge in [-0.2, -0.15) is 0 Å². The van der Waals surface area contributed by atoms with Crippen molar-refractivity contribution in [2.45, 2.75) is 38.4 Å². The second-order valence-electron chi connectivity index (χ2n) is 7.35. The number of carbonyl (C=O) groups excluding carboxylic acids is 1. The molecule has 0 spiro atoms. The summed E-state index contributed by atoms with van der Waals surface area (Å²) in [6.45, 7) is 2.28. The zero-order valence-electron chi connectivity index (χ0n) is 17.9. The minimum Gasteiger partial charge on any atom is -0.550 e. The Hall–Kier alpha value is -2.18. The number of aliphatic carboxylic acids is 1. The van der Waals surface area contributed by atoms with Gasteiger partial charge >= 0.3 is 29.6 Å². The molecule has 1 aliphatic carbocycles. The molecule has 3 aromatic rings. The smallest absolute Gasteiger partial charge is 0.550 e. The average molecular weight is 425 g/mol. The minimum absolute atomic E-state index is 0. The number of carboxylic acid groups (broad SMARTS) is 1. The summed E-state index contributed by atoms with van der Waals surface area (Å²) >= 11 is 0. The van der Waals surface area contributed by atoms with Crippen molar-refractivity contribution in [2.24, 2.45) is 0 Å². The molecule has 0 radical (unpaired) electrons. The van der Waals surface area contributed by atoms with Crippen LogP contribution in [0, 0.1) is 0 Å². The minimum atomic E-state index is -1.12. The van der Waals surface area contributed by atoms with Gasteiger partial charge in [-0.3, -0.25) is 4.98 Å². The van der Waals surface area contributed by atoms with Crippen molar-refractivity contribution < 1.29 is 48.9 Å². The topological polar surface area (TPSA) is 71.5 Å². The molecular formula is C25H24NNaO4. The predicted molar refractivity (Wildman–Crippen MR) is 112 cm³/mol. The fraction of sp³-hybridized carbons (Fsp3) is 0.280. The summed E-state index contributed by atoms with van der Waals surface area (Å²) in [7, 11) is 0. The van der Waals surface area contributed by atoms with Crippen molar-refractivity contribution in [3.8, 4) is 16.9 Å². The van der Waals surface area contributed by atoms with E-state index in [-0.39, 0.29) is 42.1 Å². The maximum atomic E-state index is 11.0. The molecule has 4 rings (SSSR count). The first-order valence-electron chi connectivity index (χ1n) is 10.3. The Balaban J connectivity index is 0.00000272. The molecule has 0 unspecified atom stereocenters. The SMILES string of the molecule is CCO[C@@H](CC(=O)[O-])c1ccc(O[C@@H]2CCc3c(-c4cccnc4)cccc32)cc1.[Na+]. The van der Waals surface area contributed by atoms with Crippen LogP contribution in [0.5, 0.6) is 5.75 Å². The van der Waals surface area contributed by atoms with Gasteiger partial charge < -0.3 is 19.4 Å².